The molecular formula is C12H10N2O2S. The molecule has 1 aromatic carbocycles. The summed E-state index contributed by atoms with van der Waals surface area (Å²) in [5, 5.41) is 9.79. The summed E-state index contributed by atoms with van der Waals surface area (Å²) in [6.07, 6.45) is 1.66. The topological polar surface area (TPSA) is 63.1 Å². The lowest BCUT2D eigenvalue weighted by Crippen LogP contribution is -1.98. The first kappa shape index (κ1) is 11.6. The normalized spacial score (nSPS) is 10.2. The first-order chi connectivity index (χ1) is 8.16. The van der Waals surface area contributed by atoms with Crippen LogP contribution in [0, 0.1) is 6.92 Å². The summed E-state index contributed by atoms with van der Waals surface area (Å²) in [6.45, 7) is 1.80. The fourth-order valence-electron chi connectivity index (χ4n) is 1.34. The number of benzene rings is 1. The van der Waals surface area contributed by atoms with Crippen molar-refractivity contribution in [3.8, 4) is 0 Å². The molecule has 86 valence electrons. The van der Waals surface area contributed by atoms with Crippen molar-refractivity contribution >= 4 is 17.7 Å². The molecule has 0 spiro atoms. The molecular weight excluding hydrogens is 236 g/mol. The van der Waals surface area contributed by atoms with Crippen molar-refractivity contribution < 1.29 is 9.90 Å². The monoisotopic (exact) mass is 246 g/mol. The molecule has 0 fully saturated rings. The van der Waals surface area contributed by atoms with E-state index in [4.69, 9.17) is 5.11 Å². The van der Waals surface area contributed by atoms with Crippen molar-refractivity contribution in [2.24, 2.45) is 0 Å². The van der Waals surface area contributed by atoms with Crippen LogP contribution in [0.4, 0.5) is 0 Å². The summed E-state index contributed by atoms with van der Waals surface area (Å²) in [4.78, 5) is 19.9. The van der Waals surface area contributed by atoms with Crippen molar-refractivity contribution in [2.45, 2.75) is 16.8 Å². The second-order valence-electron chi connectivity index (χ2n) is 3.35. The number of carbonyl (C=O) groups is 1. The molecule has 1 heterocycles. The van der Waals surface area contributed by atoms with E-state index in [0.29, 0.717) is 10.7 Å². The Balaban J connectivity index is 2.33. The molecule has 0 atom stereocenters. The Labute approximate surface area is 103 Å². The molecule has 0 bridgehead atoms. The van der Waals surface area contributed by atoms with E-state index in [1.165, 1.54) is 11.8 Å². The second-order valence-corrected chi connectivity index (χ2v) is 4.41. The molecule has 1 N–H and O–H groups in total. The molecule has 17 heavy (non-hydrogen) atoms. The molecule has 0 saturated heterocycles. The van der Waals surface area contributed by atoms with Gasteiger partial charge in [-0.25, -0.2) is 14.8 Å². The minimum Gasteiger partial charge on any atom is -0.478 e. The van der Waals surface area contributed by atoms with E-state index in [9.17, 15) is 4.79 Å². The lowest BCUT2D eigenvalue weighted by molar-refractivity contribution is 0.0693. The Morgan fingerprint density at radius 2 is 2.06 bits per heavy atom. The largest absolute Gasteiger partial charge is 0.478 e. The predicted molar refractivity (Wildman–Crippen MR) is 64.3 cm³/mol. The van der Waals surface area contributed by atoms with Crippen LogP contribution < -0.4 is 0 Å². The number of carboxylic acids is 1. The molecule has 1 aromatic heterocycles. The van der Waals surface area contributed by atoms with Crippen LogP contribution in [0.25, 0.3) is 0 Å². The summed E-state index contributed by atoms with van der Waals surface area (Å²) in [7, 11) is 0. The third kappa shape index (κ3) is 2.82. The highest BCUT2D eigenvalue weighted by Crippen LogP contribution is 2.28. The molecule has 0 aliphatic carbocycles. The molecule has 2 aromatic rings. The van der Waals surface area contributed by atoms with Crippen molar-refractivity contribution in [3.63, 3.8) is 0 Å². The minimum atomic E-state index is -0.932. The Morgan fingerprint density at radius 3 is 2.76 bits per heavy atom. The van der Waals surface area contributed by atoms with Crippen LogP contribution >= 0.6 is 11.8 Å². The van der Waals surface area contributed by atoms with Gasteiger partial charge in [-0.3, -0.25) is 0 Å². The number of carboxylic acid groups (broad SMARTS) is 1. The van der Waals surface area contributed by atoms with Gasteiger partial charge in [0.2, 0.25) is 0 Å². The van der Waals surface area contributed by atoms with Gasteiger partial charge in [0.25, 0.3) is 0 Å². The Kier molecular flexibility index (Phi) is 3.39. The van der Waals surface area contributed by atoms with Crippen molar-refractivity contribution in [1.29, 1.82) is 0 Å². The van der Waals surface area contributed by atoms with Crippen LogP contribution in [0.2, 0.25) is 0 Å². The van der Waals surface area contributed by atoms with Gasteiger partial charge in [-0.15, -0.1) is 0 Å². The van der Waals surface area contributed by atoms with Crippen molar-refractivity contribution in [1.82, 2.24) is 9.97 Å². The zero-order valence-electron chi connectivity index (χ0n) is 9.12. The number of aryl methyl sites for hydroxylation is 1. The molecule has 0 radical (unpaired) electrons. The number of aromatic nitrogens is 2. The van der Waals surface area contributed by atoms with E-state index in [1.54, 1.807) is 37.4 Å². The zero-order chi connectivity index (χ0) is 12.3. The number of hydrogen-bond acceptors (Lipinski definition) is 4. The van der Waals surface area contributed by atoms with E-state index < -0.39 is 5.97 Å². The fraction of sp³-hybridized carbons (Fsp3) is 0.0833. The summed E-state index contributed by atoms with van der Waals surface area (Å²) in [6, 6.07) is 8.63. The molecule has 2 rings (SSSR count). The fourth-order valence-corrected chi connectivity index (χ4v) is 2.28. The highest BCUT2D eigenvalue weighted by Gasteiger charge is 2.10. The van der Waals surface area contributed by atoms with E-state index in [-0.39, 0.29) is 5.56 Å². The van der Waals surface area contributed by atoms with Crippen molar-refractivity contribution in [2.75, 3.05) is 0 Å². The van der Waals surface area contributed by atoms with Crippen LogP contribution in [-0.4, -0.2) is 21.0 Å². The first-order valence-corrected chi connectivity index (χ1v) is 5.78. The summed E-state index contributed by atoms with van der Waals surface area (Å²) >= 11 is 1.32. The average molecular weight is 246 g/mol. The summed E-state index contributed by atoms with van der Waals surface area (Å²) in [5.41, 5.74) is 0.286. The molecule has 0 aliphatic rings. The lowest BCUT2D eigenvalue weighted by atomic mass is 10.2. The van der Waals surface area contributed by atoms with Gasteiger partial charge in [-0.2, -0.15) is 0 Å². The zero-order valence-corrected chi connectivity index (χ0v) is 9.94. The van der Waals surface area contributed by atoms with Gasteiger partial charge in [0.1, 0.15) is 10.9 Å². The molecule has 0 aliphatic heterocycles. The number of hydrogen-bond donors (Lipinski definition) is 1. The Bertz CT molecular complexity index is 558. The molecule has 5 heteroatoms. The van der Waals surface area contributed by atoms with Gasteiger partial charge >= 0.3 is 5.97 Å². The summed E-state index contributed by atoms with van der Waals surface area (Å²) in [5.74, 6) is -0.262. The standard InChI is InChI=1S/C12H10N2O2S/c1-8-13-7-6-11(14-8)17-10-5-3-2-4-9(10)12(15)16/h2-7H,1H3,(H,15,16). The highest BCUT2D eigenvalue weighted by atomic mass is 32.2. The SMILES string of the molecule is Cc1nccc(Sc2ccccc2C(=O)O)n1. The van der Waals surface area contributed by atoms with E-state index >= 15 is 0 Å². The smallest absolute Gasteiger partial charge is 0.336 e. The van der Waals surface area contributed by atoms with Gasteiger partial charge in [0, 0.05) is 11.1 Å². The first-order valence-electron chi connectivity index (χ1n) is 4.96. The Hall–Kier alpha value is -1.88. The van der Waals surface area contributed by atoms with Crippen LogP contribution in [0.15, 0.2) is 46.5 Å². The maximum atomic E-state index is 11.0. The highest BCUT2D eigenvalue weighted by molar-refractivity contribution is 7.99. The van der Waals surface area contributed by atoms with Gasteiger partial charge in [0.05, 0.1) is 5.56 Å². The predicted octanol–water partition coefficient (Wildman–Crippen LogP) is 2.63. The third-order valence-electron chi connectivity index (χ3n) is 2.08. The van der Waals surface area contributed by atoms with E-state index in [0.717, 1.165) is 5.03 Å². The van der Waals surface area contributed by atoms with Gasteiger partial charge < -0.3 is 5.11 Å². The maximum Gasteiger partial charge on any atom is 0.336 e. The molecule has 0 unspecified atom stereocenters. The van der Waals surface area contributed by atoms with Gasteiger partial charge in [0.15, 0.2) is 0 Å². The molecule has 4 nitrogen and oxygen atoms in total. The average Bonchev–Trinajstić information content (AvgIpc) is 2.29. The number of nitrogens with zero attached hydrogens (tertiary/aromatic N) is 2. The van der Waals surface area contributed by atoms with Gasteiger partial charge in [-0.1, -0.05) is 23.9 Å². The molecule has 0 amide bonds. The second kappa shape index (κ2) is 4.97. The maximum absolute atomic E-state index is 11.0. The summed E-state index contributed by atoms with van der Waals surface area (Å²) < 4.78 is 0. The molecule has 0 saturated carbocycles. The quantitative estimate of drug-likeness (QED) is 0.843. The van der Waals surface area contributed by atoms with Crippen LogP contribution in [-0.2, 0) is 0 Å². The lowest BCUT2D eigenvalue weighted by Gasteiger charge is -2.04. The van der Waals surface area contributed by atoms with Crippen LogP contribution in [0.5, 0.6) is 0 Å². The van der Waals surface area contributed by atoms with Crippen LogP contribution in [0.1, 0.15) is 16.2 Å². The van der Waals surface area contributed by atoms with Gasteiger partial charge in [-0.05, 0) is 25.1 Å². The van der Waals surface area contributed by atoms with E-state index in [1.807, 2.05) is 6.07 Å². The number of rotatable bonds is 3. The Morgan fingerprint density at radius 1 is 1.29 bits per heavy atom. The minimum absolute atomic E-state index is 0.286. The van der Waals surface area contributed by atoms with Crippen molar-refractivity contribution in [3.05, 3.63) is 47.9 Å². The third-order valence-corrected chi connectivity index (χ3v) is 3.09. The number of aromatic carboxylic acids is 1. The van der Waals surface area contributed by atoms with E-state index in [2.05, 4.69) is 9.97 Å². The van der Waals surface area contributed by atoms with Crippen LogP contribution in [0.3, 0.4) is 0 Å².